The number of hydrogen-bond donors (Lipinski definition) is 2. The van der Waals surface area contributed by atoms with Crippen LogP contribution in [0.15, 0.2) is 30.3 Å². The van der Waals surface area contributed by atoms with Crippen LogP contribution in [0.4, 0.5) is 0 Å². The average molecular weight is 416 g/mol. The van der Waals surface area contributed by atoms with E-state index in [1.165, 1.54) is 0 Å². The normalized spacial score (nSPS) is 11.9. The molecule has 154 valence electrons. The Morgan fingerprint density at radius 1 is 0.862 bits per heavy atom. The molecule has 1 heterocycles. The van der Waals surface area contributed by atoms with E-state index in [4.69, 9.17) is 23.9 Å². The van der Waals surface area contributed by atoms with Crippen LogP contribution < -0.4 is 18.9 Å². The first-order chi connectivity index (χ1) is 14.1. The molecule has 0 saturated carbocycles. The zero-order chi connectivity index (χ0) is 21.0. The monoisotopic (exact) mass is 416 g/mol. The Labute approximate surface area is 175 Å². The molecule has 1 unspecified atom stereocenters. The van der Waals surface area contributed by atoms with E-state index in [9.17, 15) is 5.11 Å². The first-order valence-corrected chi connectivity index (χ1v) is 9.52. The number of fused-ring (bicyclic) bond motifs is 1. The molecule has 8 heteroatoms. The molecule has 1 N–H and O–H groups in total. The summed E-state index contributed by atoms with van der Waals surface area (Å²) in [6.45, 7) is -0.00676. The molecular weight excluding hydrogens is 392 g/mol. The number of aromatic nitrogens is 2. The van der Waals surface area contributed by atoms with Crippen molar-refractivity contribution in [3.05, 3.63) is 36.2 Å². The van der Waals surface area contributed by atoms with Crippen molar-refractivity contribution in [1.82, 2.24) is 9.97 Å². The molecule has 0 saturated heterocycles. The molecule has 3 rings (SSSR count). The van der Waals surface area contributed by atoms with Gasteiger partial charge in [-0.05, 0) is 30.7 Å². The second-order valence-corrected chi connectivity index (χ2v) is 6.88. The Hall–Kier alpha value is -2.71. The highest BCUT2D eigenvalue weighted by Crippen LogP contribution is 2.39. The minimum Gasteiger partial charge on any atom is -0.493 e. The number of ether oxygens (including phenoxy) is 4. The van der Waals surface area contributed by atoms with Crippen LogP contribution >= 0.6 is 12.6 Å². The van der Waals surface area contributed by atoms with Gasteiger partial charge in [0.25, 0.3) is 0 Å². The lowest BCUT2D eigenvalue weighted by molar-refractivity contribution is 0.286. The number of aliphatic hydroxyl groups is 1. The molecule has 0 amide bonds. The van der Waals surface area contributed by atoms with Crippen LogP contribution in [0.25, 0.3) is 22.2 Å². The van der Waals surface area contributed by atoms with Crippen LogP contribution in [0.3, 0.4) is 0 Å². The van der Waals surface area contributed by atoms with Crippen molar-refractivity contribution in [3.63, 3.8) is 0 Å². The van der Waals surface area contributed by atoms with Gasteiger partial charge in [0.1, 0.15) is 5.82 Å². The standard InChI is InChI=1S/C21H24N2O5S/c1-25-15-6-5-12(9-16(15)26-2)20-13-10-17(27-3)18(28-4)11-14(13)22-21(23-20)19(29)7-8-24/h5-6,9-11,19,24,29H,7-8H2,1-4H3. The van der Waals surface area contributed by atoms with Crippen molar-refractivity contribution in [1.29, 1.82) is 0 Å². The number of methoxy groups -OCH3 is 4. The lowest BCUT2D eigenvalue weighted by Gasteiger charge is -2.16. The van der Waals surface area contributed by atoms with Crippen LogP contribution in [-0.2, 0) is 0 Å². The van der Waals surface area contributed by atoms with Crippen LogP contribution in [0, 0.1) is 0 Å². The van der Waals surface area contributed by atoms with Crippen LogP contribution in [0.5, 0.6) is 23.0 Å². The quantitative estimate of drug-likeness (QED) is 0.542. The summed E-state index contributed by atoms with van der Waals surface area (Å²) < 4.78 is 21.7. The van der Waals surface area contributed by atoms with Crippen LogP contribution in [0.2, 0.25) is 0 Å². The number of hydrogen-bond acceptors (Lipinski definition) is 8. The predicted molar refractivity (Wildman–Crippen MR) is 115 cm³/mol. The minimum atomic E-state index is -0.309. The molecule has 0 aliphatic rings. The van der Waals surface area contributed by atoms with Gasteiger partial charge in [-0.2, -0.15) is 12.6 Å². The van der Waals surface area contributed by atoms with Gasteiger partial charge in [0.2, 0.25) is 0 Å². The van der Waals surface area contributed by atoms with E-state index in [2.05, 4.69) is 17.6 Å². The van der Waals surface area contributed by atoms with Crippen molar-refractivity contribution < 1.29 is 24.1 Å². The maximum Gasteiger partial charge on any atom is 0.162 e. The summed E-state index contributed by atoms with van der Waals surface area (Å²) in [5.74, 6) is 2.89. The zero-order valence-corrected chi connectivity index (χ0v) is 17.7. The summed E-state index contributed by atoms with van der Waals surface area (Å²) in [5.41, 5.74) is 2.21. The SMILES string of the molecule is COc1ccc(-c2nc(C(S)CCO)nc3cc(OC)c(OC)cc23)cc1OC. The molecule has 7 nitrogen and oxygen atoms in total. The highest BCUT2D eigenvalue weighted by Gasteiger charge is 2.19. The molecular formula is C21H24N2O5S. The molecule has 3 aromatic rings. The summed E-state index contributed by atoms with van der Waals surface area (Å²) in [7, 11) is 6.34. The number of rotatable bonds is 8. The maximum atomic E-state index is 9.30. The third-order valence-corrected chi connectivity index (χ3v) is 5.07. The molecule has 2 aromatic carbocycles. The van der Waals surface area contributed by atoms with Gasteiger partial charge in [-0.3, -0.25) is 0 Å². The van der Waals surface area contributed by atoms with Gasteiger partial charge < -0.3 is 24.1 Å². The molecule has 0 spiro atoms. The Morgan fingerprint density at radius 2 is 1.48 bits per heavy atom. The molecule has 0 bridgehead atoms. The summed E-state index contributed by atoms with van der Waals surface area (Å²) in [5, 5.41) is 9.79. The van der Waals surface area contributed by atoms with Crippen LogP contribution in [-0.4, -0.2) is 50.1 Å². The summed E-state index contributed by atoms with van der Waals surface area (Å²) in [6.07, 6.45) is 0.438. The average Bonchev–Trinajstić information content (AvgIpc) is 2.76. The van der Waals surface area contributed by atoms with Gasteiger partial charge in [0.15, 0.2) is 23.0 Å². The van der Waals surface area contributed by atoms with Crippen molar-refractivity contribution >= 4 is 23.5 Å². The van der Waals surface area contributed by atoms with E-state index in [0.29, 0.717) is 46.5 Å². The molecule has 0 fully saturated rings. The van der Waals surface area contributed by atoms with Gasteiger partial charge in [0, 0.05) is 23.6 Å². The van der Waals surface area contributed by atoms with E-state index < -0.39 is 0 Å². The third kappa shape index (κ3) is 4.18. The topological polar surface area (TPSA) is 82.9 Å². The van der Waals surface area contributed by atoms with E-state index in [0.717, 1.165) is 10.9 Å². The molecule has 0 radical (unpaired) electrons. The van der Waals surface area contributed by atoms with E-state index in [1.54, 1.807) is 28.4 Å². The zero-order valence-electron chi connectivity index (χ0n) is 16.8. The molecule has 1 aromatic heterocycles. The molecule has 0 aliphatic carbocycles. The lowest BCUT2D eigenvalue weighted by atomic mass is 10.0. The van der Waals surface area contributed by atoms with E-state index in [-0.39, 0.29) is 11.9 Å². The fraction of sp³-hybridized carbons (Fsp3) is 0.333. The fourth-order valence-electron chi connectivity index (χ4n) is 3.08. The van der Waals surface area contributed by atoms with Crippen molar-refractivity contribution in [2.75, 3.05) is 35.0 Å². The Kier molecular flexibility index (Phi) is 6.66. The highest BCUT2D eigenvalue weighted by atomic mass is 32.1. The second-order valence-electron chi connectivity index (χ2n) is 6.25. The first-order valence-electron chi connectivity index (χ1n) is 9.01. The number of aliphatic hydroxyl groups excluding tert-OH is 1. The second kappa shape index (κ2) is 9.19. The van der Waals surface area contributed by atoms with Crippen molar-refractivity contribution in [2.24, 2.45) is 0 Å². The van der Waals surface area contributed by atoms with Gasteiger partial charge in [-0.15, -0.1) is 0 Å². The van der Waals surface area contributed by atoms with Gasteiger partial charge in [0.05, 0.1) is 44.9 Å². The van der Waals surface area contributed by atoms with Crippen molar-refractivity contribution in [3.8, 4) is 34.3 Å². The minimum absolute atomic E-state index is 0.00676. The molecule has 29 heavy (non-hydrogen) atoms. The van der Waals surface area contributed by atoms with Crippen molar-refractivity contribution in [2.45, 2.75) is 11.7 Å². The van der Waals surface area contributed by atoms with Gasteiger partial charge >= 0.3 is 0 Å². The number of nitrogens with zero attached hydrogens (tertiary/aromatic N) is 2. The van der Waals surface area contributed by atoms with Gasteiger partial charge in [-0.1, -0.05) is 0 Å². The number of benzene rings is 2. The molecule has 1 atom stereocenters. The van der Waals surface area contributed by atoms with E-state index >= 15 is 0 Å². The first kappa shape index (κ1) is 21.0. The Balaban J connectivity index is 2.30. The Morgan fingerprint density at radius 3 is 2.10 bits per heavy atom. The van der Waals surface area contributed by atoms with Gasteiger partial charge in [-0.25, -0.2) is 9.97 Å². The Bertz CT molecular complexity index is 1010. The highest BCUT2D eigenvalue weighted by molar-refractivity contribution is 7.80. The summed E-state index contributed by atoms with van der Waals surface area (Å²) in [6, 6.07) is 9.25. The smallest absolute Gasteiger partial charge is 0.162 e. The molecule has 0 aliphatic heterocycles. The van der Waals surface area contributed by atoms with E-state index in [1.807, 2.05) is 30.3 Å². The summed E-state index contributed by atoms with van der Waals surface area (Å²) in [4.78, 5) is 9.41. The lowest BCUT2D eigenvalue weighted by Crippen LogP contribution is -2.04. The number of thiol groups is 1. The largest absolute Gasteiger partial charge is 0.493 e. The summed E-state index contributed by atoms with van der Waals surface area (Å²) >= 11 is 4.56. The maximum absolute atomic E-state index is 9.30. The fourth-order valence-corrected chi connectivity index (χ4v) is 3.31. The third-order valence-electron chi connectivity index (χ3n) is 4.58. The predicted octanol–water partition coefficient (Wildman–Crippen LogP) is 3.68. The van der Waals surface area contributed by atoms with Crippen LogP contribution in [0.1, 0.15) is 17.5 Å².